The first-order chi connectivity index (χ1) is 31.8. The summed E-state index contributed by atoms with van der Waals surface area (Å²) in [6, 6.07) is 93.1. The van der Waals surface area contributed by atoms with Crippen LogP contribution in [0.3, 0.4) is 0 Å². The van der Waals surface area contributed by atoms with Gasteiger partial charge in [0.1, 0.15) is 0 Å². The molecule has 0 atom stereocenters. The van der Waals surface area contributed by atoms with Gasteiger partial charge in [0.05, 0.1) is 22.7 Å². The van der Waals surface area contributed by atoms with Crippen LogP contribution in [0.1, 0.15) is 0 Å². The molecule has 0 saturated carbocycles. The lowest BCUT2D eigenvalue weighted by molar-refractivity contribution is 1.30. The third-order valence-corrected chi connectivity index (χ3v) is 12.7. The average Bonchev–Trinajstić information content (AvgIpc) is 3.37. The van der Waals surface area contributed by atoms with Gasteiger partial charge in [-0.1, -0.05) is 194 Å². The van der Waals surface area contributed by atoms with E-state index in [9.17, 15) is 0 Å². The van der Waals surface area contributed by atoms with Gasteiger partial charge in [0.2, 0.25) is 0 Å². The lowest BCUT2D eigenvalue weighted by Crippen LogP contribution is -2.14. The van der Waals surface area contributed by atoms with Gasteiger partial charge in [0.15, 0.2) is 0 Å². The Hall–Kier alpha value is -8.46. The highest BCUT2D eigenvalue weighted by molar-refractivity contribution is 6.18. The number of para-hydroxylation sites is 2. The quantitative estimate of drug-likeness (QED) is 0.141. The lowest BCUT2D eigenvalue weighted by atomic mass is 9.92. The normalized spacial score (nSPS) is 11.4. The smallest absolute Gasteiger partial charge is 0.0547 e. The molecule has 0 N–H and O–H groups in total. The molecule has 12 aromatic carbocycles. The molecule has 0 spiro atoms. The second kappa shape index (κ2) is 15.8. The molecule has 0 radical (unpaired) electrons. The molecule has 64 heavy (non-hydrogen) atoms. The Morgan fingerprint density at radius 1 is 0.203 bits per heavy atom. The fourth-order valence-electron chi connectivity index (χ4n) is 9.81. The molecule has 0 aliphatic carbocycles. The Balaban J connectivity index is 1.24. The molecule has 12 aromatic rings. The number of nitrogens with zero attached hydrogens (tertiary/aromatic N) is 2. The van der Waals surface area contributed by atoms with Crippen molar-refractivity contribution >= 4 is 88.0 Å². The van der Waals surface area contributed by atoms with Gasteiger partial charge >= 0.3 is 0 Å². The molecule has 0 unspecified atom stereocenters. The molecule has 2 nitrogen and oxygen atoms in total. The second-order valence-corrected chi connectivity index (χ2v) is 16.5. The molecule has 2 heteroatoms. The van der Waals surface area contributed by atoms with E-state index >= 15 is 0 Å². The predicted molar refractivity (Wildman–Crippen MR) is 274 cm³/mol. The van der Waals surface area contributed by atoms with Crippen LogP contribution in [0.15, 0.2) is 255 Å². The molecule has 0 fully saturated rings. The highest BCUT2D eigenvalue weighted by Gasteiger charge is 2.25. The van der Waals surface area contributed by atoms with E-state index in [2.05, 4.69) is 265 Å². The van der Waals surface area contributed by atoms with Crippen LogP contribution in [-0.2, 0) is 0 Å². The van der Waals surface area contributed by atoms with Gasteiger partial charge in [0.25, 0.3) is 0 Å². The van der Waals surface area contributed by atoms with Gasteiger partial charge < -0.3 is 9.80 Å². The van der Waals surface area contributed by atoms with Gasteiger partial charge in [-0.25, -0.2) is 0 Å². The Morgan fingerprint density at radius 2 is 0.594 bits per heavy atom. The largest absolute Gasteiger partial charge is 0.309 e. The maximum absolute atomic E-state index is 2.49. The number of anilines is 6. The number of hydrogen-bond donors (Lipinski definition) is 0. The minimum absolute atomic E-state index is 1.09. The summed E-state index contributed by atoms with van der Waals surface area (Å²) in [4.78, 5) is 4.98. The van der Waals surface area contributed by atoms with Crippen molar-refractivity contribution in [3.8, 4) is 22.3 Å². The van der Waals surface area contributed by atoms with E-state index in [1.807, 2.05) is 0 Å². The van der Waals surface area contributed by atoms with Crippen molar-refractivity contribution in [2.24, 2.45) is 0 Å². The first-order valence-corrected chi connectivity index (χ1v) is 22.0. The van der Waals surface area contributed by atoms with Gasteiger partial charge in [0, 0.05) is 33.1 Å². The van der Waals surface area contributed by atoms with E-state index in [1.54, 1.807) is 0 Å². The zero-order chi connectivity index (χ0) is 42.4. The monoisotopic (exact) mass is 814 g/mol. The van der Waals surface area contributed by atoms with E-state index in [0.29, 0.717) is 0 Å². The van der Waals surface area contributed by atoms with Crippen LogP contribution in [0.2, 0.25) is 0 Å². The molecule has 0 aliphatic heterocycles. The lowest BCUT2D eigenvalue weighted by Gasteiger charge is -2.32. The fraction of sp³-hybridized carbons (Fsp3) is 0. The van der Waals surface area contributed by atoms with Crippen LogP contribution in [0.5, 0.6) is 0 Å². The molecule has 0 aromatic heterocycles. The van der Waals surface area contributed by atoms with Crippen LogP contribution >= 0.6 is 0 Å². The standard InChI is InChI=1S/C62H42N2/c1-5-21-43(22-6-1)47-37-48-38-57(44-23-7-2-8-24-44)62(64(50-29-11-4-12-30-50)60-40-46-26-14-16-32-52(46)54-34-18-20-36-56(54)60)42-58(48)61(41-47)63(49-27-9-3-10-28-49)59-39-45-25-13-15-31-51(45)53-33-17-19-35-55(53)59/h1-42H. The summed E-state index contributed by atoms with van der Waals surface area (Å²) in [5.41, 5.74) is 11.2. The molecule has 12 rings (SSSR count). The summed E-state index contributed by atoms with van der Waals surface area (Å²) in [7, 11) is 0. The molecule has 300 valence electrons. The van der Waals surface area contributed by atoms with Gasteiger partial charge in [-0.2, -0.15) is 0 Å². The van der Waals surface area contributed by atoms with E-state index in [-0.39, 0.29) is 0 Å². The van der Waals surface area contributed by atoms with Crippen LogP contribution < -0.4 is 9.80 Å². The van der Waals surface area contributed by atoms with Gasteiger partial charge in [-0.05, 0) is 115 Å². The summed E-state index contributed by atoms with van der Waals surface area (Å²) in [5, 5.41) is 12.0. The van der Waals surface area contributed by atoms with Crippen LogP contribution in [-0.4, -0.2) is 0 Å². The van der Waals surface area contributed by atoms with E-state index in [4.69, 9.17) is 0 Å². The summed E-state index contributed by atoms with van der Waals surface area (Å²) < 4.78 is 0. The van der Waals surface area contributed by atoms with E-state index in [0.717, 1.165) is 61.6 Å². The van der Waals surface area contributed by atoms with Crippen molar-refractivity contribution in [1.29, 1.82) is 0 Å². The van der Waals surface area contributed by atoms with Crippen LogP contribution in [0, 0.1) is 0 Å². The Kier molecular flexibility index (Phi) is 9.20. The van der Waals surface area contributed by atoms with E-state index in [1.165, 1.54) is 48.7 Å². The first-order valence-electron chi connectivity index (χ1n) is 22.0. The van der Waals surface area contributed by atoms with E-state index < -0.39 is 0 Å². The highest BCUT2D eigenvalue weighted by atomic mass is 15.2. The number of hydrogen-bond acceptors (Lipinski definition) is 2. The van der Waals surface area contributed by atoms with Crippen molar-refractivity contribution in [2.75, 3.05) is 9.80 Å². The topological polar surface area (TPSA) is 6.48 Å². The van der Waals surface area contributed by atoms with Crippen molar-refractivity contribution in [3.05, 3.63) is 255 Å². The molecule has 0 saturated heterocycles. The first kappa shape index (κ1) is 37.3. The molecule has 0 bridgehead atoms. The van der Waals surface area contributed by atoms with Crippen LogP contribution in [0.4, 0.5) is 34.1 Å². The third kappa shape index (κ3) is 6.44. The van der Waals surface area contributed by atoms with Crippen molar-refractivity contribution in [3.63, 3.8) is 0 Å². The SMILES string of the molecule is c1ccc(-c2cc(N(c3ccccc3)c3cc4ccccc4c4ccccc34)c3cc(N(c4ccccc4)c4cc5ccccc5c5ccccc45)c(-c4ccccc4)cc3c2)cc1. The van der Waals surface area contributed by atoms with Crippen molar-refractivity contribution < 1.29 is 0 Å². The number of rotatable bonds is 8. The fourth-order valence-corrected chi connectivity index (χ4v) is 9.81. The predicted octanol–water partition coefficient (Wildman–Crippen LogP) is 17.7. The highest BCUT2D eigenvalue weighted by Crippen LogP contribution is 2.51. The maximum Gasteiger partial charge on any atom is 0.0547 e. The maximum atomic E-state index is 2.49. The second-order valence-electron chi connectivity index (χ2n) is 16.5. The zero-order valence-corrected chi connectivity index (χ0v) is 35.1. The minimum atomic E-state index is 1.09. The molecule has 0 aliphatic rings. The van der Waals surface area contributed by atoms with Gasteiger partial charge in [-0.3, -0.25) is 0 Å². The summed E-state index contributed by atoms with van der Waals surface area (Å²) in [6.45, 7) is 0. The van der Waals surface area contributed by atoms with Crippen molar-refractivity contribution in [2.45, 2.75) is 0 Å². The Labute approximate surface area is 373 Å². The van der Waals surface area contributed by atoms with Gasteiger partial charge in [-0.15, -0.1) is 0 Å². The Bertz CT molecular complexity index is 3660. The molecular weight excluding hydrogens is 773 g/mol. The summed E-state index contributed by atoms with van der Waals surface area (Å²) >= 11 is 0. The minimum Gasteiger partial charge on any atom is -0.309 e. The third-order valence-electron chi connectivity index (χ3n) is 12.7. The molecular formula is C62H42N2. The zero-order valence-electron chi connectivity index (χ0n) is 35.1. The number of fused-ring (bicyclic) bond motifs is 7. The van der Waals surface area contributed by atoms with Crippen molar-refractivity contribution in [1.82, 2.24) is 0 Å². The average molecular weight is 815 g/mol. The summed E-state index contributed by atoms with van der Waals surface area (Å²) in [6.07, 6.45) is 0. The molecule has 0 amide bonds. The number of benzene rings is 12. The Morgan fingerprint density at radius 3 is 1.11 bits per heavy atom. The van der Waals surface area contributed by atoms with Crippen LogP contribution in [0.25, 0.3) is 76.1 Å². The summed E-state index contributed by atoms with van der Waals surface area (Å²) in [5.74, 6) is 0. The molecule has 0 heterocycles.